The fraction of sp³-hybridized carbons (Fsp3) is 0.600. The predicted octanol–water partition coefficient (Wildman–Crippen LogP) is 5.56. The monoisotopic (exact) mass is 412 g/mol. The van der Waals surface area contributed by atoms with Crippen LogP contribution in [0.1, 0.15) is 79.7 Å². The number of hydrogen-bond acceptors (Lipinski definition) is 4. The molecule has 1 rings (SSSR count). The second kappa shape index (κ2) is 11.3. The fourth-order valence-corrected chi connectivity index (χ4v) is 2.97. The molecule has 4 nitrogen and oxygen atoms in total. The van der Waals surface area contributed by atoms with E-state index in [9.17, 15) is 9.59 Å². The van der Waals surface area contributed by atoms with E-state index in [4.69, 9.17) is 9.47 Å². The first-order chi connectivity index (χ1) is 11.9. The maximum absolute atomic E-state index is 12.5. The van der Waals surface area contributed by atoms with Crippen molar-refractivity contribution in [1.29, 1.82) is 0 Å². The molecule has 1 aromatic carbocycles. The SMILES string of the molecule is CCCCOC(=O)c1cc(Br)c(CC)cc1C(=O)OCCCC(C)C. The first kappa shape index (κ1) is 21.7. The Balaban J connectivity index is 2.93. The number of carbonyl (C=O) groups excluding carboxylic acids is 2. The highest BCUT2D eigenvalue weighted by Gasteiger charge is 2.21. The lowest BCUT2D eigenvalue weighted by atomic mass is 10.0. The van der Waals surface area contributed by atoms with Gasteiger partial charge >= 0.3 is 11.9 Å². The van der Waals surface area contributed by atoms with Crippen molar-refractivity contribution in [3.63, 3.8) is 0 Å². The number of benzene rings is 1. The largest absolute Gasteiger partial charge is 0.462 e. The number of aryl methyl sites for hydroxylation is 1. The Bertz CT molecular complexity index is 581. The highest BCUT2D eigenvalue weighted by molar-refractivity contribution is 9.10. The molecule has 0 aliphatic carbocycles. The molecule has 1 aromatic rings. The third kappa shape index (κ3) is 7.18. The number of halogens is 1. The van der Waals surface area contributed by atoms with Crippen LogP contribution in [-0.2, 0) is 15.9 Å². The molecule has 0 heterocycles. The Morgan fingerprint density at radius 3 is 2.08 bits per heavy atom. The number of unbranched alkanes of at least 4 members (excludes halogenated alkanes) is 1. The molecule has 5 heteroatoms. The molecule has 0 bridgehead atoms. The summed E-state index contributed by atoms with van der Waals surface area (Å²) in [5.41, 5.74) is 1.50. The van der Waals surface area contributed by atoms with Gasteiger partial charge in [0.2, 0.25) is 0 Å². The minimum Gasteiger partial charge on any atom is -0.462 e. The van der Waals surface area contributed by atoms with Crippen molar-refractivity contribution in [2.24, 2.45) is 5.92 Å². The van der Waals surface area contributed by atoms with Gasteiger partial charge in [-0.25, -0.2) is 9.59 Å². The van der Waals surface area contributed by atoms with Gasteiger partial charge in [0.05, 0.1) is 24.3 Å². The third-order valence-electron chi connectivity index (χ3n) is 3.90. The molecule has 0 aliphatic heterocycles. The Hall–Kier alpha value is -1.36. The van der Waals surface area contributed by atoms with E-state index in [1.165, 1.54) is 0 Å². The van der Waals surface area contributed by atoms with Crippen molar-refractivity contribution < 1.29 is 19.1 Å². The quantitative estimate of drug-likeness (QED) is 0.372. The second-order valence-electron chi connectivity index (χ2n) is 6.50. The van der Waals surface area contributed by atoms with E-state index >= 15 is 0 Å². The van der Waals surface area contributed by atoms with Crippen molar-refractivity contribution in [3.05, 3.63) is 33.3 Å². The summed E-state index contributed by atoms with van der Waals surface area (Å²) in [6, 6.07) is 3.39. The first-order valence-corrected chi connectivity index (χ1v) is 9.86. The van der Waals surface area contributed by atoms with E-state index in [1.54, 1.807) is 12.1 Å². The first-order valence-electron chi connectivity index (χ1n) is 9.07. The Kier molecular flexibility index (Phi) is 9.79. The number of ether oxygens (including phenoxy) is 2. The molecule has 0 unspecified atom stereocenters. The van der Waals surface area contributed by atoms with Crippen molar-refractivity contribution in [2.45, 2.75) is 59.8 Å². The van der Waals surface area contributed by atoms with E-state index < -0.39 is 11.9 Å². The van der Waals surface area contributed by atoms with E-state index in [0.29, 0.717) is 19.1 Å². The average Bonchev–Trinajstić information content (AvgIpc) is 2.58. The van der Waals surface area contributed by atoms with Gasteiger partial charge in [0.1, 0.15) is 0 Å². The summed E-state index contributed by atoms with van der Waals surface area (Å²) in [5, 5.41) is 0. The fourth-order valence-electron chi connectivity index (χ4n) is 2.35. The lowest BCUT2D eigenvalue weighted by Gasteiger charge is -2.13. The van der Waals surface area contributed by atoms with Crippen LogP contribution in [0.25, 0.3) is 0 Å². The predicted molar refractivity (Wildman–Crippen MR) is 103 cm³/mol. The Morgan fingerprint density at radius 2 is 1.56 bits per heavy atom. The topological polar surface area (TPSA) is 52.6 Å². The average molecular weight is 413 g/mol. The van der Waals surface area contributed by atoms with E-state index in [0.717, 1.165) is 42.1 Å². The summed E-state index contributed by atoms with van der Waals surface area (Å²) in [6.45, 7) is 9.00. The van der Waals surface area contributed by atoms with Gasteiger partial charge in [-0.1, -0.05) is 50.0 Å². The molecule has 0 aromatic heterocycles. The van der Waals surface area contributed by atoms with Gasteiger partial charge in [-0.3, -0.25) is 0 Å². The summed E-state index contributed by atoms with van der Waals surface area (Å²) in [4.78, 5) is 24.8. The molecule has 140 valence electrons. The third-order valence-corrected chi connectivity index (χ3v) is 4.64. The van der Waals surface area contributed by atoms with Crippen LogP contribution in [0.4, 0.5) is 0 Å². The van der Waals surface area contributed by atoms with Crippen LogP contribution in [0.3, 0.4) is 0 Å². The minimum atomic E-state index is -0.481. The van der Waals surface area contributed by atoms with Gasteiger partial charge in [0.25, 0.3) is 0 Å². The van der Waals surface area contributed by atoms with Gasteiger partial charge in [-0.05, 0) is 49.3 Å². The molecule has 0 radical (unpaired) electrons. The molecule has 0 N–H and O–H groups in total. The van der Waals surface area contributed by atoms with Crippen LogP contribution in [0.2, 0.25) is 0 Å². The van der Waals surface area contributed by atoms with Crippen molar-refractivity contribution in [1.82, 2.24) is 0 Å². The van der Waals surface area contributed by atoms with E-state index in [1.807, 2.05) is 13.8 Å². The van der Waals surface area contributed by atoms with Crippen molar-refractivity contribution in [3.8, 4) is 0 Å². The summed E-state index contributed by atoms with van der Waals surface area (Å²) in [5.74, 6) is -0.374. The van der Waals surface area contributed by atoms with Crippen LogP contribution in [0.5, 0.6) is 0 Å². The molecule has 25 heavy (non-hydrogen) atoms. The number of esters is 2. The highest BCUT2D eigenvalue weighted by atomic mass is 79.9. The van der Waals surface area contributed by atoms with Crippen LogP contribution in [0.15, 0.2) is 16.6 Å². The zero-order chi connectivity index (χ0) is 18.8. The van der Waals surface area contributed by atoms with Crippen LogP contribution in [-0.4, -0.2) is 25.2 Å². The zero-order valence-electron chi connectivity index (χ0n) is 15.7. The van der Waals surface area contributed by atoms with Crippen molar-refractivity contribution >= 4 is 27.9 Å². The zero-order valence-corrected chi connectivity index (χ0v) is 17.3. The number of carbonyl (C=O) groups is 2. The normalized spacial score (nSPS) is 10.8. The highest BCUT2D eigenvalue weighted by Crippen LogP contribution is 2.24. The maximum Gasteiger partial charge on any atom is 0.339 e. The molecular formula is C20H29BrO4. The smallest absolute Gasteiger partial charge is 0.339 e. The number of hydrogen-bond donors (Lipinski definition) is 0. The summed E-state index contributed by atoms with van der Waals surface area (Å²) in [6.07, 6.45) is 4.31. The van der Waals surface area contributed by atoms with Crippen LogP contribution < -0.4 is 0 Å². The van der Waals surface area contributed by atoms with Crippen LogP contribution in [0, 0.1) is 5.92 Å². The van der Waals surface area contributed by atoms with Gasteiger partial charge in [-0.2, -0.15) is 0 Å². The summed E-state index contributed by atoms with van der Waals surface area (Å²) >= 11 is 3.46. The summed E-state index contributed by atoms with van der Waals surface area (Å²) in [7, 11) is 0. The lowest BCUT2D eigenvalue weighted by molar-refractivity contribution is 0.0450. The molecule has 0 saturated carbocycles. The minimum absolute atomic E-state index is 0.258. The standard InChI is InChI=1S/C20H29BrO4/c1-5-7-10-24-20(23)17-13-18(21)15(6-2)12-16(17)19(22)25-11-8-9-14(3)4/h12-14H,5-11H2,1-4H3. The second-order valence-corrected chi connectivity index (χ2v) is 7.36. The lowest BCUT2D eigenvalue weighted by Crippen LogP contribution is -2.16. The van der Waals surface area contributed by atoms with Gasteiger partial charge < -0.3 is 9.47 Å². The molecule has 0 fully saturated rings. The van der Waals surface area contributed by atoms with Gasteiger partial charge in [0, 0.05) is 4.47 Å². The Labute approximate surface area is 159 Å². The summed E-state index contributed by atoms with van der Waals surface area (Å²) < 4.78 is 11.4. The molecule has 0 atom stereocenters. The number of rotatable bonds is 10. The van der Waals surface area contributed by atoms with Gasteiger partial charge in [-0.15, -0.1) is 0 Å². The van der Waals surface area contributed by atoms with Gasteiger partial charge in [0.15, 0.2) is 0 Å². The van der Waals surface area contributed by atoms with Crippen molar-refractivity contribution in [2.75, 3.05) is 13.2 Å². The molecule has 0 saturated heterocycles. The molecule has 0 spiro atoms. The molecular weight excluding hydrogens is 384 g/mol. The maximum atomic E-state index is 12.5. The van der Waals surface area contributed by atoms with E-state index in [-0.39, 0.29) is 11.1 Å². The van der Waals surface area contributed by atoms with Crippen LogP contribution >= 0.6 is 15.9 Å². The molecule has 0 amide bonds. The van der Waals surface area contributed by atoms with E-state index in [2.05, 4.69) is 29.8 Å². The Morgan fingerprint density at radius 1 is 1.00 bits per heavy atom. The molecule has 0 aliphatic rings.